The molecule has 4 heteroatoms. The number of carbonyl (C=O) groups is 1. The van der Waals surface area contributed by atoms with Gasteiger partial charge < -0.3 is 15.4 Å². The van der Waals surface area contributed by atoms with Crippen molar-refractivity contribution < 1.29 is 9.53 Å². The number of fused-ring (bicyclic) bond motifs is 1. The van der Waals surface area contributed by atoms with E-state index < -0.39 is 0 Å². The maximum absolute atomic E-state index is 12.0. The summed E-state index contributed by atoms with van der Waals surface area (Å²) in [6, 6.07) is 5.74. The minimum atomic E-state index is 0.172. The lowest BCUT2D eigenvalue weighted by molar-refractivity contribution is -0.118. The van der Waals surface area contributed by atoms with Gasteiger partial charge in [0.1, 0.15) is 0 Å². The zero-order valence-corrected chi connectivity index (χ0v) is 10.1. The van der Waals surface area contributed by atoms with E-state index in [1.807, 2.05) is 23.1 Å². The van der Waals surface area contributed by atoms with Gasteiger partial charge in [-0.3, -0.25) is 4.79 Å². The second-order valence-electron chi connectivity index (χ2n) is 4.28. The SMILES string of the molecule is COCCCC(=O)N1CCc2cc(N)ccc21. The fourth-order valence-corrected chi connectivity index (χ4v) is 2.18. The summed E-state index contributed by atoms with van der Waals surface area (Å²) in [5.41, 5.74) is 8.68. The van der Waals surface area contributed by atoms with Crippen LogP contribution < -0.4 is 10.6 Å². The highest BCUT2D eigenvalue weighted by atomic mass is 16.5. The number of methoxy groups -OCH3 is 1. The van der Waals surface area contributed by atoms with Gasteiger partial charge in [-0.15, -0.1) is 0 Å². The van der Waals surface area contributed by atoms with Gasteiger partial charge in [0.2, 0.25) is 5.91 Å². The molecule has 1 aromatic carbocycles. The average molecular weight is 234 g/mol. The van der Waals surface area contributed by atoms with Crippen LogP contribution in [0.3, 0.4) is 0 Å². The number of hydrogen-bond donors (Lipinski definition) is 1. The van der Waals surface area contributed by atoms with Crippen LogP contribution in [0, 0.1) is 0 Å². The number of rotatable bonds is 4. The molecule has 0 spiro atoms. The van der Waals surface area contributed by atoms with E-state index in [0.717, 1.165) is 30.8 Å². The molecule has 2 rings (SSSR count). The zero-order valence-electron chi connectivity index (χ0n) is 10.1. The quantitative estimate of drug-likeness (QED) is 0.635. The fraction of sp³-hybridized carbons (Fsp3) is 0.462. The van der Waals surface area contributed by atoms with E-state index in [9.17, 15) is 4.79 Å². The van der Waals surface area contributed by atoms with Gasteiger partial charge in [-0.25, -0.2) is 0 Å². The predicted molar refractivity (Wildman–Crippen MR) is 68.0 cm³/mol. The summed E-state index contributed by atoms with van der Waals surface area (Å²) in [7, 11) is 1.65. The molecule has 0 bridgehead atoms. The van der Waals surface area contributed by atoms with Gasteiger partial charge in [-0.05, 0) is 36.6 Å². The number of amides is 1. The van der Waals surface area contributed by atoms with Gasteiger partial charge in [0.15, 0.2) is 0 Å². The van der Waals surface area contributed by atoms with Crippen molar-refractivity contribution in [3.8, 4) is 0 Å². The largest absolute Gasteiger partial charge is 0.399 e. The molecule has 1 amide bonds. The first-order chi connectivity index (χ1) is 8.22. The van der Waals surface area contributed by atoms with Crippen LogP contribution in [0.25, 0.3) is 0 Å². The molecule has 0 fully saturated rings. The number of hydrogen-bond acceptors (Lipinski definition) is 3. The lowest BCUT2D eigenvalue weighted by Gasteiger charge is -2.17. The molecule has 2 N–H and O–H groups in total. The number of carbonyl (C=O) groups excluding carboxylic acids is 1. The van der Waals surface area contributed by atoms with Crippen LogP contribution in [0.4, 0.5) is 11.4 Å². The summed E-state index contributed by atoms with van der Waals surface area (Å²) in [6.07, 6.45) is 2.21. The Morgan fingerprint density at radius 1 is 1.53 bits per heavy atom. The van der Waals surface area contributed by atoms with E-state index in [0.29, 0.717) is 13.0 Å². The van der Waals surface area contributed by atoms with E-state index in [4.69, 9.17) is 10.5 Å². The highest BCUT2D eigenvalue weighted by Gasteiger charge is 2.23. The van der Waals surface area contributed by atoms with E-state index in [-0.39, 0.29) is 5.91 Å². The molecule has 0 saturated heterocycles. The Morgan fingerprint density at radius 3 is 3.12 bits per heavy atom. The van der Waals surface area contributed by atoms with Crippen LogP contribution in [0.2, 0.25) is 0 Å². The normalized spacial score (nSPS) is 13.8. The molecule has 4 nitrogen and oxygen atoms in total. The van der Waals surface area contributed by atoms with E-state index in [2.05, 4.69) is 0 Å². The maximum atomic E-state index is 12.0. The lowest BCUT2D eigenvalue weighted by Crippen LogP contribution is -2.28. The van der Waals surface area contributed by atoms with Crippen LogP contribution in [0.1, 0.15) is 18.4 Å². The van der Waals surface area contributed by atoms with Gasteiger partial charge >= 0.3 is 0 Å². The Morgan fingerprint density at radius 2 is 2.35 bits per heavy atom. The molecule has 0 unspecified atom stereocenters. The van der Waals surface area contributed by atoms with Gasteiger partial charge in [0, 0.05) is 38.1 Å². The third kappa shape index (κ3) is 2.58. The molecule has 0 radical (unpaired) electrons. The van der Waals surface area contributed by atoms with Crippen molar-refractivity contribution in [3.63, 3.8) is 0 Å². The molecule has 0 saturated carbocycles. The van der Waals surface area contributed by atoms with Crippen molar-refractivity contribution in [2.45, 2.75) is 19.3 Å². The maximum Gasteiger partial charge on any atom is 0.227 e. The Balaban J connectivity index is 2.03. The van der Waals surface area contributed by atoms with E-state index >= 15 is 0 Å². The standard InChI is InChI=1S/C13H18N2O2/c1-17-8-2-3-13(16)15-7-6-10-9-11(14)4-5-12(10)15/h4-5,9H,2-3,6-8,14H2,1H3. The average Bonchev–Trinajstić information content (AvgIpc) is 2.72. The molecule has 0 aliphatic carbocycles. The first kappa shape index (κ1) is 11.9. The van der Waals surface area contributed by atoms with Crippen molar-refractivity contribution >= 4 is 17.3 Å². The van der Waals surface area contributed by atoms with Gasteiger partial charge in [0.25, 0.3) is 0 Å². The molecule has 92 valence electrons. The Hall–Kier alpha value is -1.55. The van der Waals surface area contributed by atoms with Crippen molar-refractivity contribution in [2.75, 3.05) is 30.9 Å². The summed E-state index contributed by atoms with van der Waals surface area (Å²) in [6.45, 7) is 1.40. The Kier molecular flexibility index (Phi) is 3.64. The third-order valence-corrected chi connectivity index (χ3v) is 3.04. The Bertz CT molecular complexity index is 418. The highest BCUT2D eigenvalue weighted by Crippen LogP contribution is 2.30. The Labute approximate surface area is 101 Å². The van der Waals surface area contributed by atoms with E-state index in [1.54, 1.807) is 7.11 Å². The van der Waals surface area contributed by atoms with Crippen LogP contribution in [-0.2, 0) is 16.0 Å². The second-order valence-corrected chi connectivity index (χ2v) is 4.28. The lowest BCUT2D eigenvalue weighted by atomic mass is 10.1. The molecule has 1 aromatic rings. The monoisotopic (exact) mass is 234 g/mol. The van der Waals surface area contributed by atoms with Crippen molar-refractivity contribution in [2.24, 2.45) is 0 Å². The number of nitrogen functional groups attached to an aromatic ring is 1. The minimum absolute atomic E-state index is 0.172. The fourth-order valence-electron chi connectivity index (χ4n) is 2.18. The smallest absolute Gasteiger partial charge is 0.227 e. The van der Waals surface area contributed by atoms with E-state index in [1.165, 1.54) is 5.56 Å². The number of anilines is 2. The number of ether oxygens (including phenoxy) is 1. The minimum Gasteiger partial charge on any atom is -0.399 e. The third-order valence-electron chi connectivity index (χ3n) is 3.04. The van der Waals surface area contributed by atoms with Crippen LogP contribution in [0.5, 0.6) is 0 Å². The molecule has 1 heterocycles. The predicted octanol–water partition coefficient (Wildman–Crippen LogP) is 1.58. The first-order valence-electron chi connectivity index (χ1n) is 5.90. The topological polar surface area (TPSA) is 55.6 Å². The zero-order chi connectivity index (χ0) is 12.3. The molecule has 0 atom stereocenters. The number of nitrogens with zero attached hydrogens (tertiary/aromatic N) is 1. The van der Waals surface area contributed by atoms with Crippen molar-refractivity contribution in [1.29, 1.82) is 0 Å². The summed E-state index contributed by atoms with van der Waals surface area (Å²) in [5, 5.41) is 0. The summed E-state index contributed by atoms with van der Waals surface area (Å²) < 4.78 is 4.95. The number of nitrogens with two attached hydrogens (primary N) is 1. The molecule has 1 aliphatic heterocycles. The van der Waals surface area contributed by atoms with Crippen LogP contribution >= 0.6 is 0 Å². The summed E-state index contributed by atoms with van der Waals surface area (Å²) >= 11 is 0. The van der Waals surface area contributed by atoms with Gasteiger partial charge in [0.05, 0.1) is 0 Å². The van der Waals surface area contributed by atoms with Crippen LogP contribution in [-0.4, -0.2) is 26.2 Å². The van der Waals surface area contributed by atoms with Gasteiger partial charge in [-0.2, -0.15) is 0 Å². The number of benzene rings is 1. The highest BCUT2D eigenvalue weighted by molar-refractivity contribution is 5.95. The molecule has 1 aliphatic rings. The van der Waals surface area contributed by atoms with Crippen molar-refractivity contribution in [3.05, 3.63) is 23.8 Å². The summed E-state index contributed by atoms with van der Waals surface area (Å²) in [4.78, 5) is 13.9. The molecule has 17 heavy (non-hydrogen) atoms. The molecule has 0 aromatic heterocycles. The van der Waals surface area contributed by atoms with Crippen LogP contribution in [0.15, 0.2) is 18.2 Å². The summed E-state index contributed by atoms with van der Waals surface area (Å²) in [5.74, 6) is 0.172. The molecular formula is C13H18N2O2. The van der Waals surface area contributed by atoms with Crippen molar-refractivity contribution in [1.82, 2.24) is 0 Å². The molecular weight excluding hydrogens is 216 g/mol. The first-order valence-corrected chi connectivity index (χ1v) is 5.90. The van der Waals surface area contributed by atoms with Gasteiger partial charge in [-0.1, -0.05) is 0 Å². The second kappa shape index (κ2) is 5.19.